The molecule has 1 saturated carbocycles. The molecule has 1 aliphatic carbocycles. The van der Waals surface area contributed by atoms with Crippen LogP contribution in [0.15, 0.2) is 35.3 Å². The molecule has 0 saturated heterocycles. The van der Waals surface area contributed by atoms with Crippen molar-refractivity contribution in [2.45, 2.75) is 70.9 Å². The summed E-state index contributed by atoms with van der Waals surface area (Å²) in [6.45, 7) is 5.14. The van der Waals surface area contributed by atoms with Crippen molar-refractivity contribution in [1.29, 1.82) is 0 Å². The summed E-state index contributed by atoms with van der Waals surface area (Å²) in [4.78, 5) is 16.6. The summed E-state index contributed by atoms with van der Waals surface area (Å²) in [7, 11) is 0. The van der Waals surface area contributed by atoms with Gasteiger partial charge in [-0.3, -0.25) is 4.79 Å². The number of aryl methyl sites for hydroxylation is 1. The van der Waals surface area contributed by atoms with E-state index >= 15 is 0 Å². The van der Waals surface area contributed by atoms with E-state index < -0.39 is 0 Å². The van der Waals surface area contributed by atoms with E-state index in [1.54, 1.807) is 0 Å². The maximum atomic E-state index is 12.1. The van der Waals surface area contributed by atoms with Crippen LogP contribution < -0.4 is 16.0 Å². The zero-order chi connectivity index (χ0) is 18.6. The van der Waals surface area contributed by atoms with Gasteiger partial charge in [0, 0.05) is 18.6 Å². The Balaban J connectivity index is 1.76. The van der Waals surface area contributed by atoms with Crippen LogP contribution in [0, 0.1) is 0 Å². The highest BCUT2D eigenvalue weighted by Gasteiger charge is 2.15. The Morgan fingerprint density at radius 3 is 2.62 bits per heavy atom. The average Bonchev–Trinajstić information content (AvgIpc) is 2.66. The Labute approximate surface area is 158 Å². The van der Waals surface area contributed by atoms with E-state index in [0.29, 0.717) is 12.0 Å². The first-order valence-corrected chi connectivity index (χ1v) is 10.1. The molecule has 1 atom stereocenters. The second kappa shape index (κ2) is 11.6. The van der Waals surface area contributed by atoms with Gasteiger partial charge in [0.25, 0.3) is 0 Å². The fourth-order valence-electron chi connectivity index (χ4n) is 3.32. The lowest BCUT2D eigenvalue weighted by Gasteiger charge is -2.22. The third kappa shape index (κ3) is 7.89. The molecule has 1 fully saturated rings. The number of aliphatic imine (C=N–C) groups is 1. The molecule has 5 heteroatoms. The predicted molar refractivity (Wildman–Crippen MR) is 108 cm³/mol. The Morgan fingerprint density at radius 1 is 1.19 bits per heavy atom. The predicted octanol–water partition coefficient (Wildman–Crippen LogP) is 3.01. The lowest BCUT2D eigenvalue weighted by Crippen LogP contribution is -2.43. The number of carbonyl (C=O) groups excluding carboxylic acids is 1. The number of nitrogens with zero attached hydrogens (tertiary/aromatic N) is 1. The van der Waals surface area contributed by atoms with Crippen LogP contribution in [0.5, 0.6) is 0 Å². The van der Waals surface area contributed by atoms with Crippen molar-refractivity contribution in [3.8, 4) is 0 Å². The summed E-state index contributed by atoms with van der Waals surface area (Å²) in [5.41, 5.74) is 1.34. The van der Waals surface area contributed by atoms with Crippen molar-refractivity contribution >= 4 is 11.9 Å². The van der Waals surface area contributed by atoms with Crippen LogP contribution in [0.25, 0.3) is 0 Å². The minimum Gasteiger partial charge on any atom is -0.357 e. The minimum atomic E-state index is 0.0195. The van der Waals surface area contributed by atoms with Gasteiger partial charge in [0.1, 0.15) is 6.54 Å². The molecule has 5 nitrogen and oxygen atoms in total. The number of nitrogens with one attached hydrogen (secondary N) is 3. The standard InChI is InChI=1S/C21H34N4O/c1-3-22-21(23-16-20(26)25-19-12-8-5-9-13-19)24-17(2)14-15-18-10-6-4-7-11-18/h4,6-7,10-11,17,19H,3,5,8-9,12-16H2,1-2H3,(H,25,26)(H2,22,23,24). The highest BCUT2D eigenvalue weighted by Crippen LogP contribution is 2.17. The fraction of sp³-hybridized carbons (Fsp3) is 0.619. The molecule has 1 amide bonds. The average molecular weight is 359 g/mol. The quantitative estimate of drug-likeness (QED) is 0.494. The largest absolute Gasteiger partial charge is 0.357 e. The van der Waals surface area contributed by atoms with Gasteiger partial charge in [0.2, 0.25) is 5.91 Å². The van der Waals surface area contributed by atoms with E-state index in [0.717, 1.165) is 32.2 Å². The Hall–Kier alpha value is -2.04. The summed E-state index contributed by atoms with van der Waals surface area (Å²) in [5, 5.41) is 9.75. The van der Waals surface area contributed by atoms with Gasteiger partial charge in [-0.2, -0.15) is 0 Å². The van der Waals surface area contributed by atoms with Crippen LogP contribution in [0.1, 0.15) is 57.9 Å². The number of hydrogen-bond acceptors (Lipinski definition) is 2. The second-order valence-corrected chi connectivity index (χ2v) is 7.17. The van der Waals surface area contributed by atoms with Crippen LogP contribution in [0.2, 0.25) is 0 Å². The first-order chi connectivity index (χ1) is 12.7. The zero-order valence-electron chi connectivity index (χ0n) is 16.3. The molecule has 0 aliphatic heterocycles. The number of guanidine groups is 1. The van der Waals surface area contributed by atoms with Crippen molar-refractivity contribution in [3.05, 3.63) is 35.9 Å². The molecular formula is C21H34N4O. The normalized spacial score (nSPS) is 16.8. The molecule has 0 spiro atoms. The van der Waals surface area contributed by atoms with Crippen LogP contribution in [0.4, 0.5) is 0 Å². The van der Waals surface area contributed by atoms with E-state index in [1.165, 1.54) is 24.8 Å². The Bertz CT molecular complexity index is 552. The number of rotatable bonds is 8. The molecule has 1 aromatic rings. The number of carbonyl (C=O) groups is 1. The maximum absolute atomic E-state index is 12.1. The second-order valence-electron chi connectivity index (χ2n) is 7.17. The molecular weight excluding hydrogens is 324 g/mol. The Kier molecular flexibility index (Phi) is 9.01. The van der Waals surface area contributed by atoms with Crippen molar-refractivity contribution in [3.63, 3.8) is 0 Å². The summed E-state index contributed by atoms with van der Waals surface area (Å²) >= 11 is 0. The van der Waals surface area contributed by atoms with Gasteiger partial charge < -0.3 is 16.0 Å². The molecule has 1 unspecified atom stereocenters. The molecule has 2 rings (SSSR count). The van der Waals surface area contributed by atoms with Gasteiger partial charge in [-0.15, -0.1) is 0 Å². The topological polar surface area (TPSA) is 65.5 Å². The highest BCUT2D eigenvalue weighted by atomic mass is 16.1. The molecule has 0 aromatic heterocycles. The van der Waals surface area contributed by atoms with Crippen molar-refractivity contribution in [2.24, 2.45) is 4.99 Å². The van der Waals surface area contributed by atoms with Crippen LogP contribution in [0.3, 0.4) is 0 Å². The molecule has 0 heterocycles. The summed E-state index contributed by atoms with van der Waals surface area (Å²) in [6.07, 6.45) is 7.97. The number of benzene rings is 1. The third-order valence-corrected chi connectivity index (χ3v) is 4.79. The highest BCUT2D eigenvalue weighted by molar-refractivity contribution is 5.85. The van der Waals surface area contributed by atoms with Gasteiger partial charge in [-0.1, -0.05) is 49.6 Å². The van der Waals surface area contributed by atoms with Crippen molar-refractivity contribution in [1.82, 2.24) is 16.0 Å². The molecule has 26 heavy (non-hydrogen) atoms. The Morgan fingerprint density at radius 2 is 1.92 bits per heavy atom. The van der Waals surface area contributed by atoms with E-state index in [-0.39, 0.29) is 18.5 Å². The molecule has 0 bridgehead atoms. The monoisotopic (exact) mass is 358 g/mol. The van der Waals surface area contributed by atoms with Crippen LogP contribution in [-0.2, 0) is 11.2 Å². The SMILES string of the molecule is CCNC(=NCC(=O)NC1CCCCC1)NC(C)CCc1ccccc1. The first kappa shape index (κ1) is 20.3. The summed E-state index contributed by atoms with van der Waals surface area (Å²) < 4.78 is 0. The summed E-state index contributed by atoms with van der Waals surface area (Å²) in [6, 6.07) is 11.1. The molecule has 0 radical (unpaired) electrons. The van der Waals surface area contributed by atoms with Crippen molar-refractivity contribution in [2.75, 3.05) is 13.1 Å². The van der Waals surface area contributed by atoms with Crippen LogP contribution in [-0.4, -0.2) is 37.0 Å². The minimum absolute atomic E-state index is 0.0195. The van der Waals surface area contributed by atoms with Crippen molar-refractivity contribution < 1.29 is 4.79 Å². The maximum Gasteiger partial charge on any atom is 0.242 e. The van der Waals surface area contributed by atoms with Gasteiger partial charge >= 0.3 is 0 Å². The number of hydrogen-bond donors (Lipinski definition) is 3. The van der Waals surface area contributed by atoms with E-state index in [2.05, 4.69) is 52.1 Å². The van der Waals surface area contributed by atoms with Gasteiger partial charge in [0.15, 0.2) is 5.96 Å². The lowest BCUT2D eigenvalue weighted by molar-refractivity contribution is -0.120. The van der Waals surface area contributed by atoms with E-state index in [1.807, 2.05) is 13.0 Å². The fourth-order valence-corrected chi connectivity index (χ4v) is 3.32. The molecule has 1 aromatic carbocycles. The first-order valence-electron chi connectivity index (χ1n) is 10.1. The summed E-state index contributed by atoms with van der Waals surface area (Å²) in [5.74, 6) is 0.734. The zero-order valence-corrected chi connectivity index (χ0v) is 16.3. The molecule has 3 N–H and O–H groups in total. The molecule has 1 aliphatic rings. The van der Waals surface area contributed by atoms with Gasteiger partial charge in [-0.25, -0.2) is 4.99 Å². The lowest BCUT2D eigenvalue weighted by atomic mass is 9.95. The smallest absolute Gasteiger partial charge is 0.242 e. The van der Waals surface area contributed by atoms with Gasteiger partial charge in [-0.05, 0) is 45.1 Å². The number of amides is 1. The van der Waals surface area contributed by atoms with E-state index in [9.17, 15) is 4.79 Å². The van der Waals surface area contributed by atoms with Crippen LogP contribution >= 0.6 is 0 Å². The molecule has 144 valence electrons. The van der Waals surface area contributed by atoms with E-state index in [4.69, 9.17) is 0 Å². The third-order valence-electron chi connectivity index (χ3n) is 4.79. The van der Waals surface area contributed by atoms with Gasteiger partial charge in [0.05, 0.1) is 0 Å².